The first-order chi connectivity index (χ1) is 13.0. The second-order valence-corrected chi connectivity index (χ2v) is 6.09. The fraction of sp³-hybridized carbons (Fsp3) is 0.0476. The molecule has 0 unspecified atom stereocenters. The molecule has 6 heteroatoms. The van der Waals surface area contributed by atoms with Gasteiger partial charge in [0.2, 0.25) is 0 Å². The maximum absolute atomic E-state index is 13.0. The number of rotatable bonds is 6. The summed E-state index contributed by atoms with van der Waals surface area (Å²) < 4.78 is 18.4. The van der Waals surface area contributed by atoms with E-state index >= 15 is 0 Å². The predicted octanol–water partition coefficient (Wildman–Crippen LogP) is 4.73. The molecule has 0 atom stereocenters. The van der Waals surface area contributed by atoms with Crippen molar-refractivity contribution >= 4 is 29.0 Å². The lowest BCUT2D eigenvalue weighted by Crippen LogP contribution is -2.20. The summed E-state index contributed by atoms with van der Waals surface area (Å²) in [6, 6.07) is 19.1. The van der Waals surface area contributed by atoms with Crippen LogP contribution < -0.4 is 10.1 Å². The smallest absolute Gasteiger partial charge is 0.262 e. The number of hydrogen-bond acceptors (Lipinski definition) is 3. The molecular weight excluding hydrogens is 369 g/mol. The molecule has 1 amide bonds. The zero-order valence-corrected chi connectivity index (χ0v) is 14.9. The van der Waals surface area contributed by atoms with E-state index in [0.717, 1.165) is 6.07 Å². The highest BCUT2D eigenvalue weighted by atomic mass is 35.5. The molecule has 0 spiro atoms. The standard InChI is InChI=1S/C21H15ClFNO3/c22-18-12-16(23)8-11-19(18)24-20(25)13-27-17-9-6-15(7-10-17)21(26)14-4-2-1-3-5-14/h1-12H,13H2,(H,24,25). The molecule has 4 nitrogen and oxygen atoms in total. The van der Waals surface area contributed by atoms with Crippen molar-refractivity contribution in [2.75, 3.05) is 11.9 Å². The molecule has 0 bridgehead atoms. The van der Waals surface area contributed by atoms with Crippen molar-refractivity contribution in [3.8, 4) is 5.75 Å². The van der Waals surface area contributed by atoms with Crippen molar-refractivity contribution in [1.29, 1.82) is 0 Å². The van der Waals surface area contributed by atoms with E-state index in [4.69, 9.17) is 16.3 Å². The molecule has 0 aliphatic heterocycles. The number of ether oxygens (including phenoxy) is 1. The summed E-state index contributed by atoms with van der Waals surface area (Å²) >= 11 is 5.86. The minimum absolute atomic E-state index is 0.0918. The Kier molecular flexibility index (Phi) is 5.84. The quantitative estimate of drug-likeness (QED) is 0.626. The summed E-state index contributed by atoms with van der Waals surface area (Å²) in [6.45, 7) is -0.250. The molecule has 0 aliphatic rings. The molecule has 3 aromatic rings. The Morgan fingerprint density at radius 3 is 2.26 bits per heavy atom. The average molecular weight is 384 g/mol. The SMILES string of the molecule is O=C(COc1ccc(C(=O)c2ccccc2)cc1)Nc1ccc(F)cc1Cl. The van der Waals surface area contributed by atoms with Gasteiger partial charge in [0.15, 0.2) is 12.4 Å². The van der Waals surface area contributed by atoms with Crippen LogP contribution in [0.3, 0.4) is 0 Å². The van der Waals surface area contributed by atoms with Crippen molar-refractivity contribution < 1.29 is 18.7 Å². The molecule has 3 aromatic carbocycles. The van der Waals surface area contributed by atoms with Crippen molar-refractivity contribution in [2.24, 2.45) is 0 Å². The lowest BCUT2D eigenvalue weighted by Gasteiger charge is -2.09. The molecule has 0 radical (unpaired) electrons. The predicted molar refractivity (Wildman–Crippen MR) is 102 cm³/mol. The monoisotopic (exact) mass is 383 g/mol. The molecular formula is C21H15ClFNO3. The third kappa shape index (κ3) is 4.92. The van der Waals surface area contributed by atoms with E-state index in [-0.39, 0.29) is 17.4 Å². The number of hydrogen-bond donors (Lipinski definition) is 1. The van der Waals surface area contributed by atoms with Crippen LogP contribution in [0.1, 0.15) is 15.9 Å². The number of carbonyl (C=O) groups is 2. The Hall–Kier alpha value is -3.18. The van der Waals surface area contributed by atoms with Gasteiger partial charge in [-0.25, -0.2) is 4.39 Å². The number of carbonyl (C=O) groups excluding carboxylic acids is 2. The number of amides is 1. The van der Waals surface area contributed by atoms with Gasteiger partial charge in [-0.2, -0.15) is 0 Å². The van der Waals surface area contributed by atoms with Gasteiger partial charge >= 0.3 is 0 Å². The minimum Gasteiger partial charge on any atom is -0.484 e. The zero-order valence-electron chi connectivity index (χ0n) is 14.1. The second-order valence-electron chi connectivity index (χ2n) is 5.68. The summed E-state index contributed by atoms with van der Waals surface area (Å²) in [4.78, 5) is 24.3. The van der Waals surface area contributed by atoms with E-state index < -0.39 is 11.7 Å². The first-order valence-electron chi connectivity index (χ1n) is 8.10. The van der Waals surface area contributed by atoms with E-state index in [1.165, 1.54) is 12.1 Å². The van der Waals surface area contributed by atoms with Crippen molar-refractivity contribution in [3.63, 3.8) is 0 Å². The van der Waals surface area contributed by atoms with Gasteiger partial charge < -0.3 is 10.1 Å². The summed E-state index contributed by atoms with van der Waals surface area (Å²) in [5.74, 6) is -0.571. The first kappa shape index (κ1) is 18.6. The van der Waals surface area contributed by atoms with E-state index in [0.29, 0.717) is 22.6 Å². The van der Waals surface area contributed by atoms with Crippen LogP contribution in [0.4, 0.5) is 10.1 Å². The minimum atomic E-state index is -0.487. The molecule has 0 saturated carbocycles. The molecule has 1 N–H and O–H groups in total. The highest BCUT2D eigenvalue weighted by Gasteiger charge is 2.10. The second kappa shape index (κ2) is 8.47. The summed E-state index contributed by atoms with van der Waals surface area (Å²) in [5.41, 5.74) is 1.42. The molecule has 0 aliphatic carbocycles. The van der Waals surface area contributed by atoms with Gasteiger partial charge in [0, 0.05) is 11.1 Å². The van der Waals surface area contributed by atoms with Crippen LogP contribution in [0.15, 0.2) is 72.8 Å². The molecule has 0 heterocycles. The van der Waals surface area contributed by atoms with Crippen molar-refractivity contribution in [2.45, 2.75) is 0 Å². The van der Waals surface area contributed by atoms with E-state index in [1.807, 2.05) is 6.07 Å². The highest BCUT2D eigenvalue weighted by Crippen LogP contribution is 2.22. The largest absolute Gasteiger partial charge is 0.484 e. The topological polar surface area (TPSA) is 55.4 Å². The fourth-order valence-corrected chi connectivity index (χ4v) is 2.60. The highest BCUT2D eigenvalue weighted by molar-refractivity contribution is 6.33. The van der Waals surface area contributed by atoms with Gasteiger partial charge in [-0.15, -0.1) is 0 Å². The van der Waals surface area contributed by atoms with Gasteiger partial charge in [0.1, 0.15) is 11.6 Å². The Labute approximate surface area is 160 Å². The van der Waals surface area contributed by atoms with Crippen LogP contribution >= 0.6 is 11.6 Å². The third-order valence-corrected chi connectivity index (χ3v) is 4.04. The number of halogens is 2. The van der Waals surface area contributed by atoms with Gasteiger partial charge in [-0.3, -0.25) is 9.59 Å². The summed E-state index contributed by atoms with van der Waals surface area (Å²) in [6.07, 6.45) is 0. The van der Waals surface area contributed by atoms with E-state index in [9.17, 15) is 14.0 Å². The molecule has 27 heavy (non-hydrogen) atoms. The van der Waals surface area contributed by atoms with Gasteiger partial charge in [-0.05, 0) is 42.5 Å². The molecule has 3 rings (SSSR count). The van der Waals surface area contributed by atoms with Gasteiger partial charge in [0.05, 0.1) is 10.7 Å². The Morgan fingerprint density at radius 1 is 0.926 bits per heavy atom. The lowest BCUT2D eigenvalue weighted by molar-refractivity contribution is -0.118. The average Bonchev–Trinajstić information content (AvgIpc) is 2.69. The van der Waals surface area contributed by atoms with Crippen LogP contribution in [0.25, 0.3) is 0 Å². The summed E-state index contributed by atoms with van der Waals surface area (Å²) in [5, 5.41) is 2.65. The Bertz CT molecular complexity index is 959. The third-order valence-electron chi connectivity index (χ3n) is 3.73. The van der Waals surface area contributed by atoms with E-state index in [2.05, 4.69) is 5.32 Å². The number of anilines is 1. The normalized spacial score (nSPS) is 10.3. The van der Waals surface area contributed by atoms with Crippen LogP contribution in [0.2, 0.25) is 5.02 Å². The number of benzene rings is 3. The van der Waals surface area contributed by atoms with Crippen LogP contribution in [-0.2, 0) is 4.79 Å². The van der Waals surface area contributed by atoms with Gasteiger partial charge in [-0.1, -0.05) is 41.9 Å². The van der Waals surface area contributed by atoms with E-state index in [1.54, 1.807) is 48.5 Å². The maximum Gasteiger partial charge on any atom is 0.262 e. The molecule has 0 saturated heterocycles. The van der Waals surface area contributed by atoms with Crippen LogP contribution in [0.5, 0.6) is 5.75 Å². The Morgan fingerprint density at radius 2 is 1.59 bits per heavy atom. The summed E-state index contributed by atoms with van der Waals surface area (Å²) in [7, 11) is 0. The Balaban J connectivity index is 1.57. The molecule has 0 fully saturated rings. The molecule has 0 aromatic heterocycles. The van der Waals surface area contributed by atoms with Crippen molar-refractivity contribution in [1.82, 2.24) is 0 Å². The zero-order chi connectivity index (χ0) is 19.2. The fourth-order valence-electron chi connectivity index (χ4n) is 2.38. The van der Waals surface area contributed by atoms with Crippen molar-refractivity contribution in [3.05, 3.63) is 94.8 Å². The first-order valence-corrected chi connectivity index (χ1v) is 8.48. The van der Waals surface area contributed by atoms with Gasteiger partial charge in [0.25, 0.3) is 5.91 Å². The lowest BCUT2D eigenvalue weighted by atomic mass is 10.0. The number of nitrogens with one attached hydrogen (secondary N) is 1. The number of ketones is 1. The van der Waals surface area contributed by atoms with Crippen LogP contribution in [-0.4, -0.2) is 18.3 Å². The maximum atomic E-state index is 13.0. The molecule has 136 valence electrons. The van der Waals surface area contributed by atoms with Crippen LogP contribution in [0, 0.1) is 5.82 Å².